The van der Waals surface area contributed by atoms with E-state index >= 15 is 0 Å². The number of unbranched alkanes of at least 4 members (excludes halogenated alkanes) is 3. The van der Waals surface area contributed by atoms with E-state index in [0.717, 1.165) is 0 Å². The van der Waals surface area contributed by atoms with Gasteiger partial charge in [0.1, 0.15) is 0 Å². The molecule has 0 radical (unpaired) electrons. The molecule has 0 aliphatic carbocycles. The molecule has 0 spiro atoms. The Balaban J connectivity index is 3.47. The van der Waals surface area contributed by atoms with Crippen molar-refractivity contribution in [1.29, 1.82) is 0 Å². The molecular formula is C11H25N. The molecule has 0 amide bonds. The third kappa shape index (κ3) is 4.76. The molecule has 0 aliphatic heterocycles. The van der Waals surface area contributed by atoms with Gasteiger partial charge >= 0.3 is 0 Å². The standard InChI is InChI=1S/C11H25N/c1-5-6-7-8-9-11(4,12)10(2)3/h10H,5-9,12H2,1-4H3. The van der Waals surface area contributed by atoms with Gasteiger partial charge in [-0.15, -0.1) is 0 Å². The maximum Gasteiger partial charge on any atom is 0.0149 e. The number of rotatable bonds is 6. The maximum atomic E-state index is 6.14. The zero-order valence-corrected chi connectivity index (χ0v) is 9.19. The third-order valence-corrected chi connectivity index (χ3v) is 2.89. The van der Waals surface area contributed by atoms with Gasteiger partial charge in [-0.1, -0.05) is 46.5 Å². The van der Waals surface area contributed by atoms with Crippen LogP contribution in [-0.2, 0) is 0 Å². The molecule has 74 valence electrons. The Morgan fingerprint density at radius 1 is 1.17 bits per heavy atom. The summed E-state index contributed by atoms with van der Waals surface area (Å²) in [6.45, 7) is 8.83. The molecule has 0 saturated heterocycles. The molecule has 2 N–H and O–H groups in total. The lowest BCUT2D eigenvalue weighted by Crippen LogP contribution is -2.41. The van der Waals surface area contributed by atoms with E-state index in [2.05, 4.69) is 27.7 Å². The lowest BCUT2D eigenvalue weighted by atomic mass is 9.84. The van der Waals surface area contributed by atoms with E-state index in [-0.39, 0.29) is 5.54 Å². The second-order valence-corrected chi connectivity index (χ2v) is 4.47. The Morgan fingerprint density at radius 3 is 2.17 bits per heavy atom. The highest BCUT2D eigenvalue weighted by atomic mass is 14.7. The zero-order chi connectivity index (χ0) is 9.61. The van der Waals surface area contributed by atoms with Crippen LogP contribution in [0, 0.1) is 5.92 Å². The lowest BCUT2D eigenvalue weighted by molar-refractivity contribution is 0.306. The summed E-state index contributed by atoms with van der Waals surface area (Å²) in [5, 5.41) is 0. The van der Waals surface area contributed by atoms with Crippen molar-refractivity contribution in [2.24, 2.45) is 11.7 Å². The van der Waals surface area contributed by atoms with Crippen molar-refractivity contribution in [2.45, 2.75) is 65.3 Å². The van der Waals surface area contributed by atoms with Gasteiger partial charge in [0, 0.05) is 5.54 Å². The summed E-state index contributed by atoms with van der Waals surface area (Å²) < 4.78 is 0. The van der Waals surface area contributed by atoms with Gasteiger partial charge in [-0.25, -0.2) is 0 Å². The SMILES string of the molecule is CCCCCCC(C)(N)C(C)C. The van der Waals surface area contributed by atoms with Crippen LogP contribution in [0.15, 0.2) is 0 Å². The normalized spacial score (nSPS) is 16.5. The second-order valence-electron chi connectivity index (χ2n) is 4.47. The van der Waals surface area contributed by atoms with Gasteiger partial charge in [0.15, 0.2) is 0 Å². The van der Waals surface area contributed by atoms with Crippen LogP contribution in [0.1, 0.15) is 59.8 Å². The predicted octanol–water partition coefficient (Wildman–Crippen LogP) is 3.33. The summed E-state index contributed by atoms with van der Waals surface area (Å²) >= 11 is 0. The monoisotopic (exact) mass is 171 g/mol. The smallest absolute Gasteiger partial charge is 0.0149 e. The van der Waals surface area contributed by atoms with Crippen molar-refractivity contribution < 1.29 is 0 Å². The van der Waals surface area contributed by atoms with Gasteiger partial charge < -0.3 is 5.73 Å². The molecule has 1 heteroatoms. The van der Waals surface area contributed by atoms with Crippen molar-refractivity contribution in [3.8, 4) is 0 Å². The van der Waals surface area contributed by atoms with Crippen molar-refractivity contribution in [3.05, 3.63) is 0 Å². The molecule has 0 aliphatic rings. The maximum absolute atomic E-state index is 6.14. The van der Waals surface area contributed by atoms with E-state index in [1.807, 2.05) is 0 Å². The largest absolute Gasteiger partial charge is 0.325 e. The topological polar surface area (TPSA) is 26.0 Å². The molecule has 0 aromatic carbocycles. The first-order valence-electron chi connectivity index (χ1n) is 5.29. The summed E-state index contributed by atoms with van der Waals surface area (Å²) in [5.41, 5.74) is 6.19. The highest BCUT2D eigenvalue weighted by Crippen LogP contribution is 2.20. The molecule has 12 heavy (non-hydrogen) atoms. The van der Waals surface area contributed by atoms with Crippen LogP contribution in [0.5, 0.6) is 0 Å². The van der Waals surface area contributed by atoms with Crippen molar-refractivity contribution >= 4 is 0 Å². The predicted molar refractivity (Wildman–Crippen MR) is 56.2 cm³/mol. The molecule has 0 saturated carbocycles. The zero-order valence-electron chi connectivity index (χ0n) is 9.19. The van der Waals surface area contributed by atoms with Crippen LogP contribution >= 0.6 is 0 Å². The number of hydrogen-bond acceptors (Lipinski definition) is 1. The summed E-state index contributed by atoms with van der Waals surface area (Å²) in [5.74, 6) is 0.596. The van der Waals surface area contributed by atoms with Gasteiger partial charge in [-0.05, 0) is 19.3 Å². The first-order valence-corrected chi connectivity index (χ1v) is 5.29. The van der Waals surface area contributed by atoms with Crippen LogP contribution in [-0.4, -0.2) is 5.54 Å². The Bertz CT molecular complexity index is 106. The van der Waals surface area contributed by atoms with Crippen LogP contribution in [0.3, 0.4) is 0 Å². The summed E-state index contributed by atoms with van der Waals surface area (Å²) in [6, 6.07) is 0. The van der Waals surface area contributed by atoms with Crippen LogP contribution < -0.4 is 5.73 Å². The quantitative estimate of drug-likeness (QED) is 0.609. The molecule has 0 aromatic rings. The van der Waals surface area contributed by atoms with Gasteiger partial charge in [0.25, 0.3) is 0 Å². The van der Waals surface area contributed by atoms with E-state index < -0.39 is 0 Å². The van der Waals surface area contributed by atoms with Gasteiger partial charge in [-0.2, -0.15) is 0 Å². The Hall–Kier alpha value is -0.0400. The Morgan fingerprint density at radius 2 is 1.75 bits per heavy atom. The molecule has 1 unspecified atom stereocenters. The van der Waals surface area contributed by atoms with Crippen LogP contribution in [0.4, 0.5) is 0 Å². The minimum Gasteiger partial charge on any atom is -0.325 e. The number of nitrogens with two attached hydrogens (primary N) is 1. The molecule has 0 aromatic heterocycles. The Labute approximate surface area is 77.7 Å². The van der Waals surface area contributed by atoms with E-state index in [9.17, 15) is 0 Å². The summed E-state index contributed by atoms with van der Waals surface area (Å²) in [7, 11) is 0. The van der Waals surface area contributed by atoms with Crippen molar-refractivity contribution in [1.82, 2.24) is 0 Å². The van der Waals surface area contributed by atoms with Gasteiger partial charge in [0.2, 0.25) is 0 Å². The van der Waals surface area contributed by atoms with E-state index in [1.165, 1.54) is 32.1 Å². The fourth-order valence-corrected chi connectivity index (χ4v) is 1.22. The molecule has 0 fully saturated rings. The summed E-state index contributed by atoms with van der Waals surface area (Å²) in [6.07, 6.45) is 6.47. The molecule has 0 heterocycles. The van der Waals surface area contributed by atoms with Crippen molar-refractivity contribution in [2.75, 3.05) is 0 Å². The lowest BCUT2D eigenvalue weighted by Gasteiger charge is -2.29. The third-order valence-electron chi connectivity index (χ3n) is 2.89. The number of hydrogen-bond donors (Lipinski definition) is 1. The highest BCUT2D eigenvalue weighted by molar-refractivity contribution is 4.81. The van der Waals surface area contributed by atoms with E-state index in [0.29, 0.717) is 5.92 Å². The molecule has 0 bridgehead atoms. The summed E-state index contributed by atoms with van der Waals surface area (Å²) in [4.78, 5) is 0. The highest BCUT2D eigenvalue weighted by Gasteiger charge is 2.21. The van der Waals surface area contributed by atoms with E-state index in [1.54, 1.807) is 0 Å². The fraction of sp³-hybridized carbons (Fsp3) is 1.00. The minimum atomic E-state index is 0.0493. The van der Waals surface area contributed by atoms with Crippen LogP contribution in [0.2, 0.25) is 0 Å². The fourth-order valence-electron chi connectivity index (χ4n) is 1.22. The molecule has 0 rings (SSSR count). The molecule has 1 atom stereocenters. The Kier molecular flexibility index (Phi) is 5.56. The van der Waals surface area contributed by atoms with Crippen molar-refractivity contribution in [3.63, 3.8) is 0 Å². The van der Waals surface area contributed by atoms with E-state index in [4.69, 9.17) is 5.73 Å². The molecule has 1 nitrogen and oxygen atoms in total. The average Bonchev–Trinajstić information content (AvgIpc) is 1.98. The first-order chi connectivity index (χ1) is 5.50. The van der Waals surface area contributed by atoms with Crippen LogP contribution in [0.25, 0.3) is 0 Å². The van der Waals surface area contributed by atoms with Gasteiger partial charge in [-0.3, -0.25) is 0 Å². The van der Waals surface area contributed by atoms with Gasteiger partial charge in [0.05, 0.1) is 0 Å². The molecular weight excluding hydrogens is 146 g/mol. The second kappa shape index (κ2) is 5.58. The average molecular weight is 171 g/mol. The minimum absolute atomic E-state index is 0.0493. The first kappa shape index (κ1) is 12.0.